The summed E-state index contributed by atoms with van der Waals surface area (Å²) in [4.78, 5) is 27.0. The standard InChI is InChI=1S/C22H23ClN4O3/c1-26(2)19(15-9-5-4-6-10-15)14-24-17-13-25-27(21(28)20(17)23)18-12-8-7-11-16(18)22(29)30-3/h4-13,19,24H,14H2,1-3H3. The molecule has 0 spiro atoms. The molecule has 30 heavy (non-hydrogen) atoms. The summed E-state index contributed by atoms with van der Waals surface area (Å²) in [5.41, 5.74) is 1.57. The van der Waals surface area contributed by atoms with E-state index in [0.717, 1.165) is 10.2 Å². The molecule has 3 rings (SSSR count). The molecule has 1 atom stereocenters. The zero-order valence-corrected chi connectivity index (χ0v) is 17.8. The number of hydrogen-bond acceptors (Lipinski definition) is 6. The molecule has 1 N–H and O–H groups in total. The predicted molar refractivity (Wildman–Crippen MR) is 118 cm³/mol. The van der Waals surface area contributed by atoms with Crippen LogP contribution in [-0.4, -0.2) is 48.4 Å². The second-order valence-electron chi connectivity index (χ2n) is 6.87. The van der Waals surface area contributed by atoms with Gasteiger partial charge in [-0.15, -0.1) is 0 Å². The fourth-order valence-electron chi connectivity index (χ4n) is 3.15. The number of nitrogens with one attached hydrogen (secondary N) is 1. The smallest absolute Gasteiger partial charge is 0.340 e. The lowest BCUT2D eigenvalue weighted by atomic mass is 10.1. The molecule has 156 valence electrons. The van der Waals surface area contributed by atoms with Crippen molar-refractivity contribution in [3.63, 3.8) is 0 Å². The number of carbonyl (C=O) groups excluding carboxylic acids is 1. The van der Waals surface area contributed by atoms with Crippen molar-refractivity contribution < 1.29 is 9.53 Å². The maximum Gasteiger partial charge on any atom is 0.340 e. The molecule has 0 saturated carbocycles. The summed E-state index contributed by atoms with van der Waals surface area (Å²) in [5.74, 6) is -0.561. The van der Waals surface area contributed by atoms with Gasteiger partial charge in [-0.2, -0.15) is 9.78 Å². The van der Waals surface area contributed by atoms with Crippen LogP contribution < -0.4 is 10.9 Å². The van der Waals surface area contributed by atoms with Crippen LogP contribution >= 0.6 is 11.6 Å². The largest absolute Gasteiger partial charge is 0.465 e. The van der Waals surface area contributed by atoms with Gasteiger partial charge >= 0.3 is 5.97 Å². The van der Waals surface area contributed by atoms with Gasteiger partial charge < -0.3 is 15.0 Å². The first-order chi connectivity index (χ1) is 14.4. The van der Waals surface area contributed by atoms with Gasteiger partial charge in [0.15, 0.2) is 0 Å². The zero-order chi connectivity index (χ0) is 21.7. The maximum atomic E-state index is 12.9. The zero-order valence-electron chi connectivity index (χ0n) is 17.0. The summed E-state index contributed by atoms with van der Waals surface area (Å²) in [6.07, 6.45) is 1.48. The predicted octanol–water partition coefficient (Wildman–Crippen LogP) is 3.39. The lowest BCUT2D eigenvalue weighted by Crippen LogP contribution is -2.28. The highest BCUT2D eigenvalue weighted by molar-refractivity contribution is 6.33. The average Bonchev–Trinajstić information content (AvgIpc) is 2.77. The van der Waals surface area contributed by atoms with Crippen LogP contribution in [0.1, 0.15) is 22.0 Å². The number of anilines is 1. The van der Waals surface area contributed by atoms with Crippen molar-refractivity contribution in [3.8, 4) is 5.69 Å². The fraction of sp³-hybridized carbons (Fsp3) is 0.227. The SMILES string of the molecule is COC(=O)c1ccccc1-n1ncc(NCC(c2ccccc2)N(C)C)c(Cl)c1=O. The van der Waals surface area contributed by atoms with Crippen molar-refractivity contribution in [1.29, 1.82) is 0 Å². The molecule has 0 bridgehead atoms. The number of benzene rings is 2. The molecule has 1 unspecified atom stereocenters. The van der Waals surface area contributed by atoms with Crippen LogP contribution in [0.3, 0.4) is 0 Å². The first-order valence-electron chi connectivity index (χ1n) is 9.34. The molecule has 0 radical (unpaired) electrons. The molecule has 0 fully saturated rings. The molecule has 0 aliphatic heterocycles. The average molecular weight is 427 g/mol. The van der Waals surface area contributed by atoms with Gasteiger partial charge in [-0.1, -0.05) is 54.1 Å². The summed E-state index contributed by atoms with van der Waals surface area (Å²) in [7, 11) is 5.26. The molecule has 0 aliphatic carbocycles. The molecule has 3 aromatic rings. The van der Waals surface area contributed by atoms with Gasteiger partial charge in [-0.3, -0.25) is 4.79 Å². The number of esters is 1. The quantitative estimate of drug-likeness (QED) is 0.583. The second kappa shape index (κ2) is 9.56. The van der Waals surface area contributed by atoms with E-state index in [1.165, 1.54) is 13.3 Å². The van der Waals surface area contributed by atoms with Crippen molar-refractivity contribution in [2.45, 2.75) is 6.04 Å². The molecule has 0 aliphatic rings. The second-order valence-corrected chi connectivity index (χ2v) is 7.25. The molecule has 0 amide bonds. The van der Waals surface area contributed by atoms with Crippen LogP contribution in [0.15, 0.2) is 65.6 Å². The number of methoxy groups -OCH3 is 1. The highest BCUT2D eigenvalue weighted by Gasteiger charge is 2.19. The summed E-state index contributed by atoms with van der Waals surface area (Å²) < 4.78 is 5.89. The van der Waals surface area contributed by atoms with E-state index in [4.69, 9.17) is 16.3 Å². The van der Waals surface area contributed by atoms with Crippen molar-refractivity contribution in [1.82, 2.24) is 14.7 Å². The molecular weight excluding hydrogens is 404 g/mol. The lowest BCUT2D eigenvalue weighted by Gasteiger charge is -2.25. The normalized spacial score (nSPS) is 11.9. The summed E-state index contributed by atoms with van der Waals surface area (Å²) >= 11 is 6.36. The van der Waals surface area contributed by atoms with E-state index in [1.54, 1.807) is 24.3 Å². The molecule has 1 heterocycles. The number of ether oxygens (including phenoxy) is 1. The van der Waals surface area contributed by atoms with E-state index in [-0.39, 0.29) is 16.6 Å². The van der Waals surface area contributed by atoms with Crippen LogP contribution in [0.2, 0.25) is 5.02 Å². The number of likely N-dealkylation sites (N-methyl/N-ethyl adjacent to an activating group) is 1. The number of halogens is 1. The Morgan fingerprint density at radius 1 is 1.17 bits per heavy atom. The van der Waals surface area contributed by atoms with Gasteiger partial charge in [-0.25, -0.2) is 4.79 Å². The van der Waals surface area contributed by atoms with E-state index >= 15 is 0 Å². The van der Waals surface area contributed by atoms with E-state index < -0.39 is 11.5 Å². The van der Waals surface area contributed by atoms with Gasteiger partial charge in [0.1, 0.15) is 5.02 Å². The Morgan fingerprint density at radius 3 is 2.50 bits per heavy atom. The van der Waals surface area contributed by atoms with Gasteiger partial charge in [0.2, 0.25) is 0 Å². The lowest BCUT2D eigenvalue weighted by molar-refractivity contribution is 0.0600. The van der Waals surface area contributed by atoms with Gasteiger partial charge in [-0.05, 0) is 31.8 Å². The number of hydrogen-bond donors (Lipinski definition) is 1. The van der Waals surface area contributed by atoms with Crippen LogP contribution in [0.4, 0.5) is 5.69 Å². The summed E-state index contributed by atoms with van der Waals surface area (Å²) in [6.45, 7) is 0.528. The Balaban J connectivity index is 1.89. The number of para-hydroxylation sites is 1. The van der Waals surface area contributed by atoms with Crippen LogP contribution in [0.5, 0.6) is 0 Å². The van der Waals surface area contributed by atoms with Gasteiger partial charge in [0.05, 0.1) is 36.3 Å². The van der Waals surface area contributed by atoms with Crippen molar-refractivity contribution >= 4 is 23.3 Å². The summed E-state index contributed by atoms with van der Waals surface area (Å²) in [6, 6.07) is 16.7. The van der Waals surface area contributed by atoms with Crippen molar-refractivity contribution in [2.24, 2.45) is 0 Å². The molecule has 2 aromatic carbocycles. The van der Waals surface area contributed by atoms with Gasteiger partial charge in [0, 0.05) is 6.54 Å². The van der Waals surface area contributed by atoms with Crippen LogP contribution in [-0.2, 0) is 4.74 Å². The summed E-state index contributed by atoms with van der Waals surface area (Å²) in [5, 5.41) is 7.43. The third-order valence-electron chi connectivity index (χ3n) is 4.75. The highest BCUT2D eigenvalue weighted by atomic mass is 35.5. The number of nitrogens with zero attached hydrogens (tertiary/aromatic N) is 3. The van der Waals surface area contributed by atoms with E-state index in [9.17, 15) is 9.59 Å². The Labute approximate surface area is 179 Å². The fourth-order valence-corrected chi connectivity index (χ4v) is 3.34. The van der Waals surface area contributed by atoms with Crippen molar-refractivity contribution in [2.75, 3.05) is 33.1 Å². The Morgan fingerprint density at radius 2 is 1.83 bits per heavy atom. The first kappa shape index (κ1) is 21.5. The van der Waals surface area contributed by atoms with E-state index in [2.05, 4.69) is 15.3 Å². The maximum absolute atomic E-state index is 12.9. The molecule has 8 heteroatoms. The third kappa shape index (κ3) is 4.53. The monoisotopic (exact) mass is 426 g/mol. The topological polar surface area (TPSA) is 76.5 Å². The minimum atomic E-state index is -0.561. The Kier molecular flexibility index (Phi) is 6.87. The number of rotatable bonds is 7. The molecule has 7 nitrogen and oxygen atoms in total. The van der Waals surface area contributed by atoms with Gasteiger partial charge in [0.25, 0.3) is 5.56 Å². The van der Waals surface area contributed by atoms with E-state index in [1.807, 2.05) is 44.4 Å². The minimum absolute atomic E-state index is 0.00441. The number of aromatic nitrogens is 2. The molecule has 1 aromatic heterocycles. The molecule has 0 saturated heterocycles. The van der Waals surface area contributed by atoms with Crippen LogP contribution in [0, 0.1) is 0 Å². The van der Waals surface area contributed by atoms with E-state index in [0.29, 0.717) is 17.9 Å². The number of carbonyl (C=O) groups is 1. The third-order valence-corrected chi connectivity index (χ3v) is 5.12. The Bertz CT molecular complexity index is 1080. The highest BCUT2D eigenvalue weighted by Crippen LogP contribution is 2.22. The minimum Gasteiger partial charge on any atom is -0.465 e. The van der Waals surface area contributed by atoms with Crippen LogP contribution in [0.25, 0.3) is 5.69 Å². The van der Waals surface area contributed by atoms with Crippen molar-refractivity contribution in [3.05, 3.63) is 87.3 Å². The first-order valence-corrected chi connectivity index (χ1v) is 9.72. The molecular formula is C22H23ClN4O3. The Hall–Kier alpha value is -3.16.